The smallest absolute Gasteiger partial charge is 0.131 e. The van der Waals surface area contributed by atoms with Crippen LogP contribution in [0.3, 0.4) is 0 Å². The zero-order chi connectivity index (χ0) is 8.55. The number of nitrogens with two attached hydrogens (primary N) is 1. The average molecular weight is 163 g/mol. The number of rotatable bonds is 2. The van der Waals surface area contributed by atoms with E-state index < -0.39 is 0 Å². The van der Waals surface area contributed by atoms with Crippen molar-refractivity contribution >= 4 is 0 Å². The standard InChI is InChI=1S/C9H13N3/c1-6(10)8-4-11-9(12-5-8)7-2-3-7/h4-7H,2-3,10H2,1H3. The maximum atomic E-state index is 5.68. The predicted molar refractivity (Wildman–Crippen MR) is 46.6 cm³/mol. The van der Waals surface area contributed by atoms with E-state index in [1.165, 1.54) is 12.8 Å². The van der Waals surface area contributed by atoms with Gasteiger partial charge in [-0.25, -0.2) is 9.97 Å². The highest BCUT2D eigenvalue weighted by atomic mass is 14.9. The molecule has 1 atom stereocenters. The molecule has 1 aliphatic carbocycles. The van der Waals surface area contributed by atoms with Crippen LogP contribution in [-0.2, 0) is 0 Å². The van der Waals surface area contributed by atoms with Gasteiger partial charge in [0.25, 0.3) is 0 Å². The van der Waals surface area contributed by atoms with Gasteiger partial charge in [0.1, 0.15) is 5.82 Å². The van der Waals surface area contributed by atoms with Gasteiger partial charge in [-0.05, 0) is 19.8 Å². The van der Waals surface area contributed by atoms with Gasteiger partial charge in [0.15, 0.2) is 0 Å². The molecular weight excluding hydrogens is 150 g/mol. The van der Waals surface area contributed by atoms with E-state index in [1.54, 1.807) is 0 Å². The van der Waals surface area contributed by atoms with Crippen molar-refractivity contribution in [3.8, 4) is 0 Å². The molecule has 1 aliphatic rings. The van der Waals surface area contributed by atoms with Crippen LogP contribution in [0.5, 0.6) is 0 Å². The van der Waals surface area contributed by atoms with Gasteiger partial charge in [-0.15, -0.1) is 0 Å². The van der Waals surface area contributed by atoms with E-state index in [-0.39, 0.29) is 6.04 Å². The van der Waals surface area contributed by atoms with Gasteiger partial charge in [-0.2, -0.15) is 0 Å². The average Bonchev–Trinajstić information content (AvgIpc) is 2.87. The summed E-state index contributed by atoms with van der Waals surface area (Å²) < 4.78 is 0. The minimum Gasteiger partial charge on any atom is -0.324 e. The Morgan fingerprint density at radius 3 is 2.42 bits per heavy atom. The number of aromatic nitrogens is 2. The quantitative estimate of drug-likeness (QED) is 0.716. The first-order chi connectivity index (χ1) is 5.77. The Morgan fingerprint density at radius 2 is 2.00 bits per heavy atom. The second kappa shape index (κ2) is 2.83. The highest BCUT2D eigenvalue weighted by molar-refractivity contribution is 5.12. The third-order valence-corrected chi connectivity index (χ3v) is 2.16. The molecule has 1 unspecified atom stereocenters. The highest BCUT2D eigenvalue weighted by Crippen LogP contribution is 2.37. The van der Waals surface area contributed by atoms with Crippen LogP contribution in [0.25, 0.3) is 0 Å². The predicted octanol–water partition coefficient (Wildman–Crippen LogP) is 1.37. The minimum absolute atomic E-state index is 0.0400. The molecule has 64 valence electrons. The molecule has 0 aromatic carbocycles. The van der Waals surface area contributed by atoms with Crippen LogP contribution >= 0.6 is 0 Å². The van der Waals surface area contributed by atoms with Gasteiger partial charge in [-0.3, -0.25) is 0 Å². The summed E-state index contributed by atoms with van der Waals surface area (Å²) in [5.74, 6) is 1.62. The van der Waals surface area contributed by atoms with E-state index in [1.807, 2.05) is 19.3 Å². The lowest BCUT2D eigenvalue weighted by molar-refractivity contribution is 0.788. The molecule has 3 nitrogen and oxygen atoms in total. The summed E-state index contributed by atoms with van der Waals surface area (Å²) in [6.07, 6.45) is 6.17. The van der Waals surface area contributed by atoms with E-state index in [9.17, 15) is 0 Å². The van der Waals surface area contributed by atoms with Crippen LogP contribution in [0, 0.1) is 0 Å². The Labute approximate surface area is 72.0 Å². The molecule has 3 heteroatoms. The van der Waals surface area contributed by atoms with E-state index in [2.05, 4.69) is 9.97 Å². The molecule has 1 heterocycles. The molecule has 1 saturated carbocycles. The monoisotopic (exact) mass is 163 g/mol. The van der Waals surface area contributed by atoms with Crippen LogP contribution in [0.15, 0.2) is 12.4 Å². The topological polar surface area (TPSA) is 51.8 Å². The Morgan fingerprint density at radius 1 is 1.42 bits per heavy atom. The van der Waals surface area contributed by atoms with E-state index in [0.29, 0.717) is 5.92 Å². The van der Waals surface area contributed by atoms with E-state index in [0.717, 1.165) is 11.4 Å². The van der Waals surface area contributed by atoms with Crippen molar-refractivity contribution in [1.82, 2.24) is 9.97 Å². The first kappa shape index (κ1) is 7.68. The Balaban J connectivity index is 2.18. The lowest BCUT2D eigenvalue weighted by Gasteiger charge is -2.03. The van der Waals surface area contributed by atoms with Crippen molar-refractivity contribution in [2.45, 2.75) is 31.7 Å². The van der Waals surface area contributed by atoms with Crippen molar-refractivity contribution in [3.05, 3.63) is 23.8 Å². The maximum Gasteiger partial charge on any atom is 0.131 e. The molecule has 1 fully saturated rings. The fourth-order valence-corrected chi connectivity index (χ4v) is 1.14. The molecule has 1 aromatic heterocycles. The molecule has 0 aliphatic heterocycles. The first-order valence-corrected chi connectivity index (χ1v) is 4.35. The summed E-state index contributed by atoms with van der Waals surface area (Å²) in [4.78, 5) is 8.54. The van der Waals surface area contributed by atoms with Gasteiger partial charge in [0.2, 0.25) is 0 Å². The van der Waals surface area contributed by atoms with E-state index >= 15 is 0 Å². The SMILES string of the molecule is CC(N)c1cnc(C2CC2)nc1. The maximum absolute atomic E-state index is 5.68. The third kappa shape index (κ3) is 1.46. The van der Waals surface area contributed by atoms with Crippen LogP contribution in [0.2, 0.25) is 0 Å². The van der Waals surface area contributed by atoms with Gasteiger partial charge in [0, 0.05) is 29.9 Å². The van der Waals surface area contributed by atoms with Crippen molar-refractivity contribution in [3.63, 3.8) is 0 Å². The molecule has 0 bridgehead atoms. The lowest BCUT2D eigenvalue weighted by atomic mass is 10.2. The lowest BCUT2D eigenvalue weighted by Crippen LogP contribution is -2.06. The van der Waals surface area contributed by atoms with Crippen molar-refractivity contribution in [2.24, 2.45) is 5.73 Å². The van der Waals surface area contributed by atoms with Crippen molar-refractivity contribution < 1.29 is 0 Å². The molecule has 0 saturated heterocycles. The summed E-state index contributed by atoms with van der Waals surface area (Å²) in [7, 11) is 0. The van der Waals surface area contributed by atoms with Gasteiger partial charge < -0.3 is 5.73 Å². The molecule has 0 spiro atoms. The minimum atomic E-state index is 0.0400. The first-order valence-electron chi connectivity index (χ1n) is 4.35. The Kier molecular flexibility index (Phi) is 1.81. The van der Waals surface area contributed by atoms with Crippen LogP contribution in [-0.4, -0.2) is 9.97 Å². The summed E-state index contributed by atoms with van der Waals surface area (Å²) in [5, 5.41) is 0. The molecule has 12 heavy (non-hydrogen) atoms. The summed E-state index contributed by atoms with van der Waals surface area (Å²) in [6.45, 7) is 1.94. The molecule has 2 N–H and O–H groups in total. The van der Waals surface area contributed by atoms with Crippen LogP contribution < -0.4 is 5.73 Å². The third-order valence-electron chi connectivity index (χ3n) is 2.16. The van der Waals surface area contributed by atoms with Crippen molar-refractivity contribution in [2.75, 3.05) is 0 Å². The molecule has 2 rings (SSSR count). The second-order valence-corrected chi connectivity index (χ2v) is 3.44. The van der Waals surface area contributed by atoms with Gasteiger partial charge in [-0.1, -0.05) is 0 Å². The fraction of sp³-hybridized carbons (Fsp3) is 0.556. The highest BCUT2D eigenvalue weighted by Gasteiger charge is 2.26. The summed E-state index contributed by atoms with van der Waals surface area (Å²) in [5.41, 5.74) is 6.69. The summed E-state index contributed by atoms with van der Waals surface area (Å²) >= 11 is 0. The van der Waals surface area contributed by atoms with Crippen LogP contribution in [0.1, 0.15) is 43.1 Å². The zero-order valence-corrected chi connectivity index (χ0v) is 7.20. The van der Waals surface area contributed by atoms with Crippen LogP contribution in [0.4, 0.5) is 0 Å². The number of hydrogen-bond donors (Lipinski definition) is 1. The molecule has 0 radical (unpaired) electrons. The number of nitrogens with zero attached hydrogens (tertiary/aromatic N) is 2. The Hall–Kier alpha value is -0.960. The molecule has 1 aromatic rings. The van der Waals surface area contributed by atoms with E-state index in [4.69, 9.17) is 5.73 Å². The van der Waals surface area contributed by atoms with Gasteiger partial charge in [0.05, 0.1) is 0 Å². The number of hydrogen-bond acceptors (Lipinski definition) is 3. The fourth-order valence-electron chi connectivity index (χ4n) is 1.14. The largest absolute Gasteiger partial charge is 0.324 e. The second-order valence-electron chi connectivity index (χ2n) is 3.44. The Bertz CT molecular complexity index is 241. The van der Waals surface area contributed by atoms with Gasteiger partial charge >= 0.3 is 0 Å². The molecular formula is C9H13N3. The van der Waals surface area contributed by atoms with Crippen molar-refractivity contribution in [1.29, 1.82) is 0 Å². The zero-order valence-electron chi connectivity index (χ0n) is 7.20. The normalized spacial score (nSPS) is 19.2. The summed E-state index contributed by atoms with van der Waals surface area (Å²) in [6, 6.07) is 0.0400. The molecule has 0 amide bonds.